The van der Waals surface area contributed by atoms with Gasteiger partial charge in [-0.15, -0.1) is 0 Å². The van der Waals surface area contributed by atoms with Gasteiger partial charge in [0.25, 0.3) is 0 Å². The van der Waals surface area contributed by atoms with Crippen molar-refractivity contribution in [1.29, 1.82) is 0 Å². The lowest BCUT2D eigenvalue weighted by Crippen LogP contribution is -2.29. The van der Waals surface area contributed by atoms with Crippen LogP contribution in [0.15, 0.2) is 60.9 Å². The van der Waals surface area contributed by atoms with Crippen molar-refractivity contribution < 1.29 is 27.5 Å². The standard InChI is InChI=1S/C24H23F3N4O3/c1-15-11-16(3-6-21(15)34-19-7-9-29-10-8-19)14-30-23(33)31-20-13-18(24(25,26)27)5-4-17(20)12-22(32)28-2/h3-11,13H,12,14H2,1-2H3,(H,28,32)(H2,30,31,33). The summed E-state index contributed by atoms with van der Waals surface area (Å²) >= 11 is 0. The average molecular weight is 472 g/mol. The van der Waals surface area contributed by atoms with Crippen molar-refractivity contribution in [3.8, 4) is 11.5 Å². The molecule has 0 aliphatic rings. The topological polar surface area (TPSA) is 92.4 Å². The van der Waals surface area contributed by atoms with Crippen molar-refractivity contribution in [2.75, 3.05) is 12.4 Å². The van der Waals surface area contributed by atoms with E-state index in [0.717, 1.165) is 23.3 Å². The fourth-order valence-corrected chi connectivity index (χ4v) is 3.10. The number of hydrogen-bond donors (Lipinski definition) is 3. The summed E-state index contributed by atoms with van der Waals surface area (Å²) in [6.07, 6.45) is -1.53. The molecule has 10 heteroatoms. The molecule has 3 rings (SSSR count). The minimum Gasteiger partial charge on any atom is -0.457 e. The maximum absolute atomic E-state index is 13.1. The van der Waals surface area contributed by atoms with Gasteiger partial charge in [0.15, 0.2) is 0 Å². The zero-order valence-corrected chi connectivity index (χ0v) is 18.5. The molecule has 3 amide bonds. The Morgan fingerprint density at radius 2 is 1.76 bits per heavy atom. The molecule has 3 N–H and O–H groups in total. The number of hydrogen-bond acceptors (Lipinski definition) is 4. The van der Waals surface area contributed by atoms with Gasteiger partial charge in [0.2, 0.25) is 5.91 Å². The number of urea groups is 1. The number of halogens is 3. The first-order chi connectivity index (χ1) is 16.2. The number of ether oxygens (including phenoxy) is 1. The van der Waals surface area contributed by atoms with Crippen LogP contribution < -0.4 is 20.7 Å². The Bertz CT molecular complexity index is 1170. The summed E-state index contributed by atoms with van der Waals surface area (Å²) in [7, 11) is 1.42. The van der Waals surface area contributed by atoms with Crippen LogP contribution in [0.5, 0.6) is 11.5 Å². The Kier molecular flexibility index (Phi) is 7.72. The van der Waals surface area contributed by atoms with E-state index in [4.69, 9.17) is 4.74 Å². The number of aromatic nitrogens is 1. The van der Waals surface area contributed by atoms with Gasteiger partial charge < -0.3 is 20.7 Å². The number of nitrogens with zero attached hydrogens (tertiary/aromatic N) is 1. The molecule has 1 aromatic heterocycles. The largest absolute Gasteiger partial charge is 0.457 e. The molecule has 0 saturated heterocycles. The second-order valence-corrected chi connectivity index (χ2v) is 7.41. The highest BCUT2D eigenvalue weighted by molar-refractivity contribution is 5.91. The van der Waals surface area contributed by atoms with Gasteiger partial charge >= 0.3 is 12.2 Å². The quantitative estimate of drug-likeness (QED) is 0.460. The van der Waals surface area contributed by atoms with Gasteiger partial charge in [0.1, 0.15) is 11.5 Å². The lowest BCUT2D eigenvalue weighted by Gasteiger charge is -2.15. The Balaban J connectivity index is 1.67. The molecule has 178 valence electrons. The van der Waals surface area contributed by atoms with E-state index < -0.39 is 23.7 Å². The van der Waals surface area contributed by atoms with Gasteiger partial charge in [0.05, 0.1) is 12.0 Å². The van der Waals surface area contributed by atoms with Crippen LogP contribution in [0.2, 0.25) is 0 Å². The normalized spacial score (nSPS) is 11.0. The summed E-state index contributed by atoms with van der Waals surface area (Å²) < 4.78 is 45.2. The first-order valence-corrected chi connectivity index (χ1v) is 10.3. The van der Waals surface area contributed by atoms with Gasteiger partial charge in [-0.3, -0.25) is 9.78 Å². The van der Waals surface area contributed by atoms with Crippen LogP contribution in [-0.2, 0) is 23.9 Å². The maximum atomic E-state index is 13.1. The van der Waals surface area contributed by atoms with E-state index in [2.05, 4.69) is 20.9 Å². The summed E-state index contributed by atoms with van der Waals surface area (Å²) in [5.74, 6) is 0.881. The highest BCUT2D eigenvalue weighted by Gasteiger charge is 2.31. The minimum absolute atomic E-state index is 0.0896. The number of amides is 3. The second kappa shape index (κ2) is 10.7. The van der Waals surface area contributed by atoms with E-state index in [9.17, 15) is 22.8 Å². The number of benzene rings is 2. The Hall–Kier alpha value is -4.08. The predicted molar refractivity (Wildman–Crippen MR) is 121 cm³/mol. The third-order valence-corrected chi connectivity index (χ3v) is 4.89. The van der Waals surface area contributed by atoms with Crippen molar-refractivity contribution in [3.05, 3.63) is 83.2 Å². The number of alkyl halides is 3. The third-order valence-electron chi connectivity index (χ3n) is 4.89. The van der Waals surface area contributed by atoms with Crippen molar-refractivity contribution in [2.24, 2.45) is 0 Å². The van der Waals surface area contributed by atoms with Gasteiger partial charge in [0, 0.05) is 31.7 Å². The smallest absolute Gasteiger partial charge is 0.416 e. The second-order valence-electron chi connectivity index (χ2n) is 7.41. The SMILES string of the molecule is CNC(=O)Cc1ccc(C(F)(F)F)cc1NC(=O)NCc1ccc(Oc2ccncc2)c(C)c1. The third kappa shape index (κ3) is 6.71. The number of rotatable bonds is 7. The van der Waals surface area contributed by atoms with Crippen molar-refractivity contribution in [2.45, 2.75) is 26.1 Å². The van der Waals surface area contributed by atoms with E-state index in [0.29, 0.717) is 11.5 Å². The maximum Gasteiger partial charge on any atom is 0.416 e. The van der Waals surface area contributed by atoms with Crippen LogP contribution in [-0.4, -0.2) is 24.0 Å². The summed E-state index contributed by atoms with van der Waals surface area (Å²) in [6.45, 7) is 1.99. The predicted octanol–water partition coefficient (Wildman–Crippen LogP) is 4.81. The van der Waals surface area contributed by atoms with Gasteiger partial charge in [-0.05, 0) is 53.9 Å². The van der Waals surface area contributed by atoms with Crippen molar-refractivity contribution in [1.82, 2.24) is 15.6 Å². The van der Waals surface area contributed by atoms with Crippen LogP contribution in [0.25, 0.3) is 0 Å². The van der Waals surface area contributed by atoms with Crippen molar-refractivity contribution >= 4 is 17.6 Å². The molecule has 7 nitrogen and oxygen atoms in total. The number of carbonyl (C=O) groups excluding carboxylic acids is 2. The summed E-state index contributed by atoms with van der Waals surface area (Å²) in [6, 6.07) is 11.0. The molecule has 0 fully saturated rings. The summed E-state index contributed by atoms with van der Waals surface area (Å²) in [5, 5.41) is 7.44. The fourth-order valence-electron chi connectivity index (χ4n) is 3.10. The van der Waals surface area contributed by atoms with E-state index >= 15 is 0 Å². The molecule has 3 aromatic rings. The molecule has 0 saturated carbocycles. The zero-order chi connectivity index (χ0) is 24.7. The molecule has 2 aromatic carbocycles. The fraction of sp³-hybridized carbons (Fsp3) is 0.208. The van der Waals surface area contributed by atoms with Gasteiger partial charge in [-0.1, -0.05) is 18.2 Å². The number of nitrogens with one attached hydrogen (secondary N) is 3. The van der Waals surface area contributed by atoms with E-state index in [1.165, 1.54) is 13.1 Å². The average Bonchev–Trinajstić information content (AvgIpc) is 2.80. The molecule has 34 heavy (non-hydrogen) atoms. The van der Waals surface area contributed by atoms with Crippen molar-refractivity contribution in [3.63, 3.8) is 0 Å². The Labute approximate surface area is 194 Å². The Morgan fingerprint density at radius 1 is 1.03 bits per heavy atom. The molecular formula is C24H23F3N4O3. The Morgan fingerprint density at radius 3 is 2.41 bits per heavy atom. The van der Waals surface area contributed by atoms with Crippen LogP contribution >= 0.6 is 0 Å². The molecule has 1 heterocycles. The van der Waals surface area contributed by atoms with Crippen LogP contribution in [0.3, 0.4) is 0 Å². The molecule has 0 unspecified atom stereocenters. The molecule has 0 aliphatic carbocycles. The molecule has 0 spiro atoms. The van der Waals surface area contributed by atoms with Gasteiger partial charge in [-0.25, -0.2) is 4.79 Å². The number of pyridine rings is 1. The van der Waals surface area contributed by atoms with Gasteiger partial charge in [-0.2, -0.15) is 13.2 Å². The number of carbonyl (C=O) groups is 2. The van der Waals surface area contributed by atoms with E-state index in [-0.39, 0.29) is 24.2 Å². The number of likely N-dealkylation sites (N-methyl/N-ethyl adjacent to an activating group) is 1. The highest BCUT2D eigenvalue weighted by Crippen LogP contribution is 2.32. The molecule has 0 radical (unpaired) electrons. The highest BCUT2D eigenvalue weighted by atomic mass is 19.4. The summed E-state index contributed by atoms with van der Waals surface area (Å²) in [4.78, 5) is 28.1. The first kappa shape index (κ1) is 24.6. The van der Waals surface area contributed by atoms with Crippen LogP contribution in [0.4, 0.5) is 23.7 Å². The monoisotopic (exact) mass is 472 g/mol. The molecule has 0 bridgehead atoms. The lowest BCUT2D eigenvalue weighted by atomic mass is 10.1. The number of anilines is 1. The van der Waals surface area contributed by atoms with E-state index in [1.54, 1.807) is 36.7 Å². The zero-order valence-electron chi connectivity index (χ0n) is 18.5. The first-order valence-electron chi connectivity index (χ1n) is 10.3. The van der Waals surface area contributed by atoms with Crippen LogP contribution in [0.1, 0.15) is 22.3 Å². The minimum atomic E-state index is -4.59. The number of aryl methyl sites for hydroxylation is 1. The molecular weight excluding hydrogens is 449 g/mol. The molecule has 0 atom stereocenters. The lowest BCUT2D eigenvalue weighted by molar-refractivity contribution is -0.137. The van der Waals surface area contributed by atoms with Crippen LogP contribution in [0, 0.1) is 6.92 Å². The summed E-state index contributed by atoms with van der Waals surface area (Å²) in [5.41, 5.74) is 0.847. The van der Waals surface area contributed by atoms with E-state index in [1.807, 2.05) is 13.0 Å². The molecule has 0 aliphatic heterocycles.